The Morgan fingerprint density at radius 2 is 1.71 bits per heavy atom. The number of piperidine rings is 1. The van der Waals surface area contributed by atoms with Crippen LogP contribution in [-0.2, 0) is 17.6 Å². The van der Waals surface area contributed by atoms with E-state index in [-0.39, 0.29) is 35.3 Å². The highest BCUT2D eigenvalue weighted by molar-refractivity contribution is 5.58. The maximum atomic E-state index is 15.3. The Bertz CT molecular complexity index is 1170. The summed E-state index contributed by atoms with van der Waals surface area (Å²) in [6, 6.07) is 4.78. The van der Waals surface area contributed by atoms with Crippen LogP contribution in [0.5, 0.6) is 5.88 Å². The van der Waals surface area contributed by atoms with Crippen LogP contribution in [0.4, 0.5) is 26.2 Å². The van der Waals surface area contributed by atoms with Crippen molar-refractivity contribution in [2.24, 2.45) is 11.8 Å². The summed E-state index contributed by atoms with van der Waals surface area (Å²) in [5, 5.41) is 2.73. The minimum Gasteiger partial charge on any atom is -0.471 e. The SMILES string of the molecule is CCc1cnc(N2CC3COCC(C2)C3Oc2ncnc(Nc3ccc(CC)cc3F)c2F)nc1. The summed E-state index contributed by atoms with van der Waals surface area (Å²) in [5.74, 6) is -0.880. The summed E-state index contributed by atoms with van der Waals surface area (Å²) in [5.41, 5.74) is 2.07. The topological polar surface area (TPSA) is 85.3 Å². The van der Waals surface area contributed by atoms with E-state index in [0.717, 1.165) is 17.5 Å². The second-order valence-corrected chi connectivity index (χ2v) is 8.92. The molecule has 0 saturated carbocycles. The smallest absolute Gasteiger partial charge is 0.256 e. The first-order valence-corrected chi connectivity index (χ1v) is 11.9. The molecule has 0 amide bonds. The van der Waals surface area contributed by atoms with Gasteiger partial charge < -0.3 is 19.7 Å². The van der Waals surface area contributed by atoms with E-state index in [0.29, 0.717) is 38.7 Å². The number of benzene rings is 1. The maximum Gasteiger partial charge on any atom is 0.256 e. The van der Waals surface area contributed by atoms with Crippen LogP contribution in [0.25, 0.3) is 0 Å². The number of fused-ring (bicyclic) bond motifs is 2. The van der Waals surface area contributed by atoms with Crippen molar-refractivity contribution in [3.63, 3.8) is 0 Å². The molecule has 2 bridgehead atoms. The first kappa shape index (κ1) is 23.3. The zero-order valence-electron chi connectivity index (χ0n) is 19.7. The van der Waals surface area contributed by atoms with Crippen molar-refractivity contribution in [1.82, 2.24) is 19.9 Å². The molecule has 1 N–H and O–H groups in total. The lowest BCUT2D eigenvalue weighted by molar-refractivity contribution is -0.0780. The van der Waals surface area contributed by atoms with Gasteiger partial charge in [0, 0.05) is 37.3 Å². The number of halogens is 2. The molecule has 2 atom stereocenters. The molecule has 3 aromatic rings. The highest BCUT2D eigenvalue weighted by Crippen LogP contribution is 2.34. The molecule has 2 aliphatic rings. The van der Waals surface area contributed by atoms with Gasteiger partial charge in [-0.2, -0.15) is 9.37 Å². The van der Waals surface area contributed by atoms with Gasteiger partial charge >= 0.3 is 0 Å². The molecule has 184 valence electrons. The Labute approximate surface area is 202 Å². The normalized spacial score (nSPS) is 21.6. The molecule has 0 spiro atoms. The van der Waals surface area contributed by atoms with E-state index in [4.69, 9.17) is 9.47 Å². The number of aromatic nitrogens is 4. The molecule has 35 heavy (non-hydrogen) atoms. The van der Waals surface area contributed by atoms with Crippen LogP contribution in [0.1, 0.15) is 25.0 Å². The largest absolute Gasteiger partial charge is 0.471 e. The average molecular weight is 483 g/mol. The van der Waals surface area contributed by atoms with Crippen molar-refractivity contribution in [2.75, 3.05) is 36.5 Å². The van der Waals surface area contributed by atoms with Crippen LogP contribution in [0, 0.1) is 23.5 Å². The van der Waals surface area contributed by atoms with E-state index in [9.17, 15) is 4.39 Å². The Balaban J connectivity index is 1.32. The summed E-state index contributed by atoms with van der Waals surface area (Å²) in [4.78, 5) is 19.1. The fourth-order valence-corrected chi connectivity index (χ4v) is 4.61. The summed E-state index contributed by atoms with van der Waals surface area (Å²) < 4.78 is 41.6. The quantitative estimate of drug-likeness (QED) is 0.542. The van der Waals surface area contributed by atoms with Gasteiger partial charge in [-0.25, -0.2) is 19.3 Å². The van der Waals surface area contributed by atoms with Crippen molar-refractivity contribution in [3.8, 4) is 5.88 Å². The Morgan fingerprint density at radius 1 is 1.00 bits per heavy atom. The van der Waals surface area contributed by atoms with Crippen molar-refractivity contribution in [1.29, 1.82) is 0 Å². The van der Waals surface area contributed by atoms with E-state index < -0.39 is 11.6 Å². The lowest BCUT2D eigenvalue weighted by Crippen LogP contribution is -2.58. The molecule has 2 fully saturated rings. The molecule has 2 aromatic heterocycles. The molecule has 5 rings (SSSR count). The molecular formula is C25H28F2N6O2. The minimum absolute atomic E-state index is 0.0123. The molecule has 2 saturated heterocycles. The Morgan fingerprint density at radius 3 is 2.37 bits per heavy atom. The molecular weight excluding hydrogens is 454 g/mol. The number of nitrogens with zero attached hydrogens (tertiary/aromatic N) is 5. The zero-order chi connectivity index (χ0) is 24.4. The van der Waals surface area contributed by atoms with Gasteiger partial charge in [-0.05, 0) is 36.1 Å². The molecule has 0 aliphatic carbocycles. The van der Waals surface area contributed by atoms with Gasteiger partial charge in [0.05, 0.1) is 18.9 Å². The van der Waals surface area contributed by atoms with Crippen LogP contribution < -0.4 is 15.0 Å². The van der Waals surface area contributed by atoms with E-state index in [2.05, 4.69) is 37.1 Å². The van der Waals surface area contributed by atoms with Gasteiger partial charge in [0.15, 0.2) is 5.82 Å². The van der Waals surface area contributed by atoms with Crippen molar-refractivity contribution < 1.29 is 18.3 Å². The molecule has 2 aliphatic heterocycles. The van der Waals surface area contributed by atoms with Gasteiger partial charge in [0.1, 0.15) is 18.2 Å². The molecule has 1 aromatic carbocycles. The third kappa shape index (κ3) is 4.88. The number of nitrogens with one attached hydrogen (secondary N) is 1. The lowest BCUT2D eigenvalue weighted by Gasteiger charge is -2.46. The molecule has 2 unspecified atom stereocenters. The number of anilines is 3. The predicted octanol–water partition coefficient (Wildman–Crippen LogP) is 3.94. The Kier molecular flexibility index (Phi) is 6.72. The van der Waals surface area contributed by atoms with Crippen LogP contribution in [-0.4, -0.2) is 52.3 Å². The zero-order valence-corrected chi connectivity index (χ0v) is 19.7. The Hall–Kier alpha value is -3.40. The summed E-state index contributed by atoms with van der Waals surface area (Å²) in [7, 11) is 0. The number of ether oxygens (including phenoxy) is 2. The van der Waals surface area contributed by atoms with Gasteiger partial charge in [-0.15, -0.1) is 0 Å². The number of hydrogen-bond acceptors (Lipinski definition) is 8. The van der Waals surface area contributed by atoms with Crippen LogP contribution in [0.15, 0.2) is 36.9 Å². The minimum atomic E-state index is -0.758. The number of aryl methyl sites for hydroxylation is 2. The van der Waals surface area contributed by atoms with E-state index in [1.807, 2.05) is 19.3 Å². The van der Waals surface area contributed by atoms with Gasteiger partial charge in [-0.1, -0.05) is 19.9 Å². The molecule has 0 radical (unpaired) electrons. The third-order valence-corrected chi connectivity index (χ3v) is 6.59. The van der Waals surface area contributed by atoms with Crippen molar-refractivity contribution >= 4 is 17.5 Å². The van der Waals surface area contributed by atoms with Gasteiger partial charge in [0.2, 0.25) is 11.8 Å². The summed E-state index contributed by atoms with van der Waals surface area (Å²) in [6.07, 6.45) is 6.21. The molecule has 4 heterocycles. The first-order valence-electron chi connectivity index (χ1n) is 11.9. The highest BCUT2D eigenvalue weighted by Gasteiger charge is 2.43. The van der Waals surface area contributed by atoms with E-state index >= 15 is 4.39 Å². The van der Waals surface area contributed by atoms with E-state index in [1.54, 1.807) is 12.1 Å². The standard InChI is InChI=1S/C25H28F2N6O2/c1-3-15-5-6-20(19(26)7-15)32-23-21(27)24(31-14-30-23)35-22-17-10-33(11-18(22)13-34-12-17)25-28-8-16(4-2)9-29-25/h5-9,14,17-18,22H,3-4,10-13H2,1-2H3,(H,30,31,32). The van der Waals surface area contributed by atoms with Crippen LogP contribution in [0.2, 0.25) is 0 Å². The summed E-state index contributed by atoms with van der Waals surface area (Å²) in [6.45, 7) is 6.22. The van der Waals surface area contributed by atoms with Gasteiger partial charge in [0.25, 0.3) is 5.88 Å². The average Bonchev–Trinajstić information content (AvgIpc) is 2.87. The second-order valence-electron chi connectivity index (χ2n) is 8.92. The predicted molar refractivity (Wildman–Crippen MR) is 127 cm³/mol. The first-order chi connectivity index (χ1) is 17.1. The van der Waals surface area contributed by atoms with Crippen molar-refractivity contribution in [3.05, 3.63) is 59.7 Å². The van der Waals surface area contributed by atoms with E-state index in [1.165, 1.54) is 12.4 Å². The van der Waals surface area contributed by atoms with Gasteiger partial charge in [-0.3, -0.25) is 0 Å². The maximum absolute atomic E-state index is 15.3. The monoisotopic (exact) mass is 482 g/mol. The fourth-order valence-electron chi connectivity index (χ4n) is 4.61. The highest BCUT2D eigenvalue weighted by atomic mass is 19.1. The fraction of sp³-hybridized carbons (Fsp3) is 0.440. The number of hydrogen-bond donors (Lipinski definition) is 1. The molecule has 8 nitrogen and oxygen atoms in total. The summed E-state index contributed by atoms with van der Waals surface area (Å²) >= 11 is 0. The van der Waals surface area contributed by atoms with Crippen LogP contribution >= 0.6 is 0 Å². The second kappa shape index (κ2) is 10.1. The van der Waals surface area contributed by atoms with Crippen molar-refractivity contribution in [2.45, 2.75) is 32.8 Å². The molecule has 10 heteroatoms. The number of rotatable bonds is 7. The lowest BCUT2D eigenvalue weighted by atomic mass is 9.84. The van der Waals surface area contributed by atoms with Crippen LogP contribution in [0.3, 0.4) is 0 Å². The third-order valence-electron chi connectivity index (χ3n) is 6.59.